The molecule has 0 spiro atoms. The first kappa shape index (κ1) is 17.6. The van der Waals surface area contributed by atoms with Crippen molar-refractivity contribution in [3.8, 4) is 0 Å². The Bertz CT molecular complexity index is 653. The lowest BCUT2D eigenvalue weighted by atomic mass is 10.1. The topological polar surface area (TPSA) is 45.4 Å². The van der Waals surface area contributed by atoms with Gasteiger partial charge in [0.15, 0.2) is 5.82 Å². The third-order valence-electron chi connectivity index (χ3n) is 4.91. The van der Waals surface area contributed by atoms with Crippen molar-refractivity contribution in [3.63, 3.8) is 0 Å². The third kappa shape index (κ3) is 4.23. The van der Waals surface area contributed by atoms with Crippen LogP contribution in [0.5, 0.6) is 0 Å². The average molecular weight is 349 g/mol. The van der Waals surface area contributed by atoms with Crippen molar-refractivity contribution in [3.05, 3.63) is 33.6 Å². The van der Waals surface area contributed by atoms with E-state index in [2.05, 4.69) is 53.0 Å². The quantitative estimate of drug-likeness (QED) is 0.766. The van der Waals surface area contributed by atoms with Crippen molar-refractivity contribution in [2.75, 3.05) is 26.7 Å². The van der Waals surface area contributed by atoms with E-state index in [1.165, 1.54) is 29.3 Å². The molecule has 3 rings (SSSR count). The van der Waals surface area contributed by atoms with E-state index in [9.17, 15) is 0 Å². The third-order valence-corrected chi connectivity index (χ3v) is 5.90. The SMILES string of the molecule is CCc1noc([C@@H](C)N(C)C[C@H]2CCN(Cc3ccc(C)s3)C2)n1. The van der Waals surface area contributed by atoms with Crippen molar-refractivity contribution in [2.24, 2.45) is 5.92 Å². The summed E-state index contributed by atoms with van der Waals surface area (Å²) in [5, 5.41) is 4.01. The molecular weight excluding hydrogens is 320 g/mol. The lowest BCUT2D eigenvalue weighted by molar-refractivity contribution is 0.181. The Morgan fingerprint density at radius 3 is 2.96 bits per heavy atom. The van der Waals surface area contributed by atoms with Crippen molar-refractivity contribution in [2.45, 2.75) is 46.2 Å². The first-order valence-corrected chi connectivity index (χ1v) is 9.67. The molecule has 0 bridgehead atoms. The summed E-state index contributed by atoms with van der Waals surface area (Å²) in [5.74, 6) is 2.24. The lowest BCUT2D eigenvalue weighted by Crippen LogP contribution is -2.30. The number of hydrogen-bond acceptors (Lipinski definition) is 6. The Balaban J connectivity index is 1.49. The van der Waals surface area contributed by atoms with Crippen LogP contribution in [0.2, 0.25) is 0 Å². The van der Waals surface area contributed by atoms with Crippen molar-refractivity contribution in [1.82, 2.24) is 19.9 Å². The van der Waals surface area contributed by atoms with Crippen LogP contribution in [0.1, 0.15) is 47.8 Å². The van der Waals surface area contributed by atoms with E-state index < -0.39 is 0 Å². The van der Waals surface area contributed by atoms with Gasteiger partial charge in [-0.25, -0.2) is 0 Å². The minimum absolute atomic E-state index is 0.173. The monoisotopic (exact) mass is 348 g/mol. The van der Waals surface area contributed by atoms with Crippen molar-refractivity contribution < 1.29 is 4.52 Å². The maximum Gasteiger partial charge on any atom is 0.243 e. The summed E-state index contributed by atoms with van der Waals surface area (Å²) < 4.78 is 5.39. The van der Waals surface area contributed by atoms with Crippen LogP contribution in [-0.2, 0) is 13.0 Å². The highest BCUT2D eigenvalue weighted by molar-refractivity contribution is 7.11. The Morgan fingerprint density at radius 2 is 2.29 bits per heavy atom. The molecule has 0 unspecified atom stereocenters. The molecule has 2 atom stereocenters. The molecule has 3 heterocycles. The molecule has 1 aliphatic rings. The molecule has 2 aromatic heterocycles. The maximum atomic E-state index is 5.39. The van der Waals surface area contributed by atoms with Gasteiger partial charge < -0.3 is 4.52 Å². The summed E-state index contributed by atoms with van der Waals surface area (Å²) in [6.45, 7) is 10.9. The second kappa shape index (κ2) is 7.76. The van der Waals surface area contributed by atoms with E-state index in [1.54, 1.807) is 0 Å². The largest absolute Gasteiger partial charge is 0.338 e. The standard InChI is InChI=1S/C18H28N4OS/c1-5-17-19-18(23-20-17)14(3)21(4)10-15-8-9-22(11-15)12-16-7-6-13(2)24-16/h6-7,14-15H,5,8-12H2,1-4H3/t14-,15-/m1/s1. The number of aromatic nitrogens is 2. The molecule has 1 saturated heterocycles. The van der Waals surface area contributed by atoms with Gasteiger partial charge in [-0.3, -0.25) is 9.80 Å². The molecule has 5 nitrogen and oxygen atoms in total. The fourth-order valence-electron chi connectivity index (χ4n) is 3.33. The molecule has 0 N–H and O–H groups in total. The number of hydrogen-bond donors (Lipinski definition) is 0. The molecule has 0 aliphatic carbocycles. The van der Waals surface area contributed by atoms with Crippen LogP contribution in [0.25, 0.3) is 0 Å². The highest BCUT2D eigenvalue weighted by Crippen LogP contribution is 2.25. The van der Waals surface area contributed by atoms with Gasteiger partial charge in [0.25, 0.3) is 0 Å². The van der Waals surface area contributed by atoms with Gasteiger partial charge in [0, 0.05) is 35.8 Å². The average Bonchev–Trinajstić information content (AvgIpc) is 3.28. The summed E-state index contributed by atoms with van der Waals surface area (Å²) in [7, 11) is 2.16. The van der Waals surface area contributed by atoms with Crippen LogP contribution in [-0.4, -0.2) is 46.6 Å². The minimum Gasteiger partial charge on any atom is -0.338 e. The van der Waals surface area contributed by atoms with Gasteiger partial charge in [0.1, 0.15) is 0 Å². The summed E-state index contributed by atoms with van der Waals surface area (Å²) in [6, 6.07) is 4.66. The van der Waals surface area contributed by atoms with E-state index in [0.717, 1.165) is 31.2 Å². The molecule has 132 valence electrons. The number of nitrogens with zero attached hydrogens (tertiary/aromatic N) is 4. The Labute approximate surface area is 148 Å². The highest BCUT2D eigenvalue weighted by Gasteiger charge is 2.27. The van der Waals surface area contributed by atoms with Gasteiger partial charge in [-0.15, -0.1) is 11.3 Å². The number of aryl methyl sites for hydroxylation is 2. The van der Waals surface area contributed by atoms with E-state index in [0.29, 0.717) is 5.92 Å². The highest BCUT2D eigenvalue weighted by atomic mass is 32.1. The van der Waals surface area contributed by atoms with E-state index in [4.69, 9.17) is 4.52 Å². The number of thiophene rings is 1. The van der Waals surface area contributed by atoms with Crippen LogP contribution in [0.4, 0.5) is 0 Å². The second-order valence-electron chi connectivity index (χ2n) is 6.92. The predicted molar refractivity (Wildman–Crippen MR) is 97.2 cm³/mol. The first-order valence-electron chi connectivity index (χ1n) is 8.85. The molecule has 6 heteroatoms. The fraction of sp³-hybridized carbons (Fsp3) is 0.667. The zero-order chi connectivity index (χ0) is 17.1. The van der Waals surface area contributed by atoms with Crippen LogP contribution in [0, 0.1) is 12.8 Å². The summed E-state index contributed by atoms with van der Waals surface area (Å²) >= 11 is 1.92. The summed E-state index contributed by atoms with van der Waals surface area (Å²) in [6.07, 6.45) is 2.09. The number of likely N-dealkylation sites (tertiary alicyclic amines) is 1. The van der Waals surface area contributed by atoms with Gasteiger partial charge in [-0.1, -0.05) is 12.1 Å². The molecule has 0 radical (unpaired) electrons. The summed E-state index contributed by atoms with van der Waals surface area (Å²) in [5.41, 5.74) is 0. The molecule has 0 saturated carbocycles. The minimum atomic E-state index is 0.173. The fourth-order valence-corrected chi connectivity index (χ4v) is 4.26. The molecule has 2 aromatic rings. The Morgan fingerprint density at radius 1 is 1.46 bits per heavy atom. The Kier molecular flexibility index (Phi) is 5.69. The maximum absolute atomic E-state index is 5.39. The number of rotatable bonds is 7. The van der Waals surface area contributed by atoms with Gasteiger partial charge in [-0.05, 0) is 51.9 Å². The van der Waals surface area contributed by atoms with E-state index in [1.807, 2.05) is 18.3 Å². The van der Waals surface area contributed by atoms with Crippen molar-refractivity contribution >= 4 is 11.3 Å². The molecule has 24 heavy (non-hydrogen) atoms. The molecular formula is C18H28N4OS. The van der Waals surface area contributed by atoms with Crippen LogP contribution in [0.3, 0.4) is 0 Å². The zero-order valence-electron chi connectivity index (χ0n) is 15.2. The van der Waals surface area contributed by atoms with Crippen molar-refractivity contribution in [1.29, 1.82) is 0 Å². The second-order valence-corrected chi connectivity index (χ2v) is 8.29. The molecule has 0 amide bonds. The van der Waals surface area contributed by atoms with Crippen LogP contribution in [0.15, 0.2) is 16.7 Å². The van der Waals surface area contributed by atoms with Crippen LogP contribution >= 0.6 is 11.3 Å². The van der Waals surface area contributed by atoms with Gasteiger partial charge in [0.2, 0.25) is 5.89 Å². The Hall–Kier alpha value is -1.24. The van der Waals surface area contributed by atoms with E-state index >= 15 is 0 Å². The normalized spacial score (nSPS) is 20.1. The molecule has 0 aromatic carbocycles. The molecule has 1 fully saturated rings. The smallest absolute Gasteiger partial charge is 0.243 e. The van der Waals surface area contributed by atoms with Crippen LogP contribution < -0.4 is 0 Å². The molecule has 1 aliphatic heterocycles. The van der Waals surface area contributed by atoms with Gasteiger partial charge >= 0.3 is 0 Å². The van der Waals surface area contributed by atoms with Gasteiger partial charge in [-0.2, -0.15) is 4.98 Å². The predicted octanol–water partition coefficient (Wildman–Crippen LogP) is 3.52. The zero-order valence-corrected chi connectivity index (χ0v) is 16.0. The lowest BCUT2D eigenvalue weighted by Gasteiger charge is -2.25. The van der Waals surface area contributed by atoms with E-state index in [-0.39, 0.29) is 6.04 Å². The van der Waals surface area contributed by atoms with Gasteiger partial charge in [0.05, 0.1) is 6.04 Å². The first-order chi connectivity index (χ1) is 11.5. The summed E-state index contributed by atoms with van der Waals surface area (Å²) in [4.78, 5) is 12.3.